The van der Waals surface area contributed by atoms with Crippen LogP contribution >= 0.6 is 0 Å². The van der Waals surface area contributed by atoms with Gasteiger partial charge in [-0.2, -0.15) is 0 Å². The highest BCUT2D eigenvalue weighted by Crippen LogP contribution is 2.08. The first-order valence-electron chi connectivity index (χ1n) is 11.6. The zero-order chi connectivity index (χ0) is 25.8. The van der Waals surface area contributed by atoms with Gasteiger partial charge < -0.3 is 26.4 Å². The largest absolute Gasteiger partial charge is 0.445 e. The van der Waals surface area contributed by atoms with Gasteiger partial charge in [0.15, 0.2) is 0 Å². The van der Waals surface area contributed by atoms with Gasteiger partial charge in [0.05, 0.1) is 0 Å². The zero-order valence-electron chi connectivity index (χ0n) is 20.3. The number of amides is 4. The number of carbonyl (C=O) groups is 4. The fraction of sp³-hybridized carbons (Fsp3) is 0.385. The molecule has 0 fully saturated rings. The van der Waals surface area contributed by atoms with Crippen LogP contribution in [0.25, 0.3) is 0 Å². The monoisotopic (exact) mass is 482 g/mol. The molecule has 0 saturated heterocycles. The summed E-state index contributed by atoms with van der Waals surface area (Å²) in [6, 6.07) is 15.5. The van der Waals surface area contributed by atoms with Crippen LogP contribution in [-0.4, -0.2) is 41.9 Å². The Hall–Kier alpha value is -3.88. The molecule has 0 aliphatic heterocycles. The molecule has 0 saturated carbocycles. The Kier molecular flexibility index (Phi) is 10.7. The standard InChI is InChI=1S/C26H34N4O5/c1-17(2)14-21(23(27)31)29-25(33)22(15-19-10-6-4-7-11-19)30-24(32)18(3)28-26(34)35-16-20-12-8-5-9-13-20/h4-13,17-18,21-22H,14-16H2,1-3H3,(H2,27,31)(H,28,34)(H,29,33)(H,30,32)/t18-,21-,22-/m0/s1. The second kappa shape index (κ2) is 13.7. The van der Waals surface area contributed by atoms with Gasteiger partial charge in [0.25, 0.3) is 0 Å². The average Bonchev–Trinajstić information content (AvgIpc) is 2.82. The van der Waals surface area contributed by atoms with E-state index in [2.05, 4.69) is 16.0 Å². The molecule has 2 rings (SSSR count). The first-order chi connectivity index (χ1) is 16.7. The van der Waals surface area contributed by atoms with E-state index in [4.69, 9.17) is 10.5 Å². The number of carbonyl (C=O) groups excluding carboxylic acids is 4. The number of primary amides is 1. The van der Waals surface area contributed by atoms with Crippen LogP contribution < -0.4 is 21.7 Å². The van der Waals surface area contributed by atoms with Crippen LogP contribution in [0.4, 0.5) is 4.79 Å². The first kappa shape index (κ1) is 27.4. The smallest absolute Gasteiger partial charge is 0.408 e. The molecular weight excluding hydrogens is 448 g/mol. The van der Waals surface area contributed by atoms with Crippen molar-refractivity contribution < 1.29 is 23.9 Å². The molecule has 0 unspecified atom stereocenters. The lowest BCUT2D eigenvalue weighted by Gasteiger charge is -2.24. The van der Waals surface area contributed by atoms with Gasteiger partial charge in [0, 0.05) is 6.42 Å². The van der Waals surface area contributed by atoms with Crippen LogP contribution in [0.2, 0.25) is 0 Å². The second-order valence-electron chi connectivity index (χ2n) is 8.77. The summed E-state index contributed by atoms with van der Waals surface area (Å²) in [7, 11) is 0. The summed E-state index contributed by atoms with van der Waals surface area (Å²) in [5.41, 5.74) is 7.08. The molecule has 5 N–H and O–H groups in total. The molecule has 2 aromatic rings. The van der Waals surface area contributed by atoms with Gasteiger partial charge in [0.2, 0.25) is 17.7 Å². The van der Waals surface area contributed by atoms with Gasteiger partial charge in [-0.25, -0.2) is 4.79 Å². The Balaban J connectivity index is 2.02. The van der Waals surface area contributed by atoms with Crippen molar-refractivity contribution >= 4 is 23.8 Å². The molecule has 0 aliphatic carbocycles. The summed E-state index contributed by atoms with van der Waals surface area (Å²) < 4.78 is 5.15. The number of benzene rings is 2. The minimum atomic E-state index is -0.983. The highest BCUT2D eigenvalue weighted by atomic mass is 16.5. The molecule has 188 valence electrons. The van der Waals surface area contributed by atoms with Crippen molar-refractivity contribution in [3.63, 3.8) is 0 Å². The number of rotatable bonds is 12. The van der Waals surface area contributed by atoms with E-state index in [-0.39, 0.29) is 18.9 Å². The Morgan fingerprint density at radius 3 is 1.86 bits per heavy atom. The number of ether oxygens (including phenoxy) is 1. The van der Waals surface area contributed by atoms with Crippen molar-refractivity contribution in [2.24, 2.45) is 11.7 Å². The maximum Gasteiger partial charge on any atom is 0.408 e. The van der Waals surface area contributed by atoms with Gasteiger partial charge in [0.1, 0.15) is 24.7 Å². The Morgan fingerprint density at radius 1 is 0.771 bits per heavy atom. The molecule has 9 nitrogen and oxygen atoms in total. The normalized spacial score (nSPS) is 13.3. The molecule has 35 heavy (non-hydrogen) atoms. The number of hydrogen-bond acceptors (Lipinski definition) is 5. The zero-order valence-corrected chi connectivity index (χ0v) is 20.3. The fourth-order valence-corrected chi connectivity index (χ4v) is 3.35. The lowest BCUT2D eigenvalue weighted by atomic mass is 10.0. The van der Waals surface area contributed by atoms with Crippen molar-refractivity contribution in [1.29, 1.82) is 0 Å². The second-order valence-corrected chi connectivity index (χ2v) is 8.77. The third-order valence-electron chi connectivity index (χ3n) is 5.22. The van der Waals surface area contributed by atoms with Crippen LogP contribution in [0.1, 0.15) is 38.3 Å². The summed E-state index contributed by atoms with van der Waals surface area (Å²) in [6.07, 6.45) is -0.194. The molecule has 3 atom stereocenters. The van der Waals surface area contributed by atoms with Crippen LogP contribution in [0.3, 0.4) is 0 Å². The molecule has 0 aromatic heterocycles. The van der Waals surface area contributed by atoms with Crippen molar-refractivity contribution in [1.82, 2.24) is 16.0 Å². The number of hydrogen-bond donors (Lipinski definition) is 4. The van der Waals surface area contributed by atoms with E-state index in [1.165, 1.54) is 6.92 Å². The average molecular weight is 483 g/mol. The number of nitrogens with one attached hydrogen (secondary N) is 3. The molecule has 0 bridgehead atoms. The molecule has 9 heteroatoms. The number of nitrogens with two attached hydrogens (primary N) is 1. The lowest BCUT2D eigenvalue weighted by molar-refractivity contribution is -0.132. The molecule has 0 radical (unpaired) electrons. The Bertz CT molecular complexity index is 982. The van der Waals surface area contributed by atoms with E-state index < -0.39 is 41.9 Å². The summed E-state index contributed by atoms with van der Waals surface area (Å²) in [5.74, 6) is -1.63. The summed E-state index contributed by atoms with van der Waals surface area (Å²) in [6.45, 7) is 5.37. The Morgan fingerprint density at radius 2 is 1.31 bits per heavy atom. The fourth-order valence-electron chi connectivity index (χ4n) is 3.35. The van der Waals surface area contributed by atoms with Crippen LogP contribution in [-0.2, 0) is 32.1 Å². The summed E-state index contributed by atoms with van der Waals surface area (Å²) >= 11 is 0. The lowest BCUT2D eigenvalue weighted by Crippen LogP contribution is -2.56. The van der Waals surface area contributed by atoms with Gasteiger partial charge in [-0.3, -0.25) is 14.4 Å². The van der Waals surface area contributed by atoms with Crippen molar-refractivity contribution in [3.05, 3.63) is 71.8 Å². The predicted molar refractivity (Wildman–Crippen MR) is 132 cm³/mol. The quantitative estimate of drug-likeness (QED) is 0.367. The van der Waals surface area contributed by atoms with Crippen LogP contribution in [0.5, 0.6) is 0 Å². The van der Waals surface area contributed by atoms with Gasteiger partial charge in [-0.15, -0.1) is 0 Å². The van der Waals surface area contributed by atoms with Crippen LogP contribution in [0, 0.1) is 5.92 Å². The van der Waals surface area contributed by atoms with E-state index in [1.807, 2.05) is 74.5 Å². The minimum absolute atomic E-state index is 0.0599. The van der Waals surface area contributed by atoms with E-state index >= 15 is 0 Å². The maximum atomic E-state index is 13.0. The molecular formula is C26H34N4O5. The maximum absolute atomic E-state index is 13.0. The minimum Gasteiger partial charge on any atom is -0.445 e. The highest BCUT2D eigenvalue weighted by Gasteiger charge is 2.28. The van der Waals surface area contributed by atoms with Crippen molar-refractivity contribution in [3.8, 4) is 0 Å². The predicted octanol–water partition coefficient (Wildman–Crippen LogP) is 2.04. The van der Waals surface area contributed by atoms with Crippen molar-refractivity contribution in [2.75, 3.05) is 0 Å². The third-order valence-corrected chi connectivity index (χ3v) is 5.22. The van der Waals surface area contributed by atoms with Gasteiger partial charge >= 0.3 is 6.09 Å². The summed E-state index contributed by atoms with van der Waals surface area (Å²) in [5, 5.41) is 7.78. The van der Waals surface area contributed by atoms with Gasteiger partial charge in [-0.1, -0.05) is 74.5 Å². The number of alkyl carbamates (subject to hydrolysis) is 1. The topological polar surface area (TPSA) is 140 Å². The molecule has 4 amide bonds. The summed E-state index contributed by atoms with van der Waals surface area (Å²) in [4.78, 5) is 49.8. The molecule has 2 aromatic carbocycles. The highest BCUT2D eigenvalue weighted by molar-refractivity contribution is 5.93. The first-order valence-corrected chi connectivity index (χ1v) is 11.6. The molecule has 0 spiro atoms. The van der Waals surface area contributed by atoms with Crippen molar-refractivity contribution in [2.45, 2.75) is 58.3 Å². The SMILES string of the molecule is CC(C)C[C@H](NC(=O)[C@H](Cc1ccccc1)NC(=O)[C@H](C)NC(=O)OCc1ccccc1)C(N)=O. The third kappa shape index (κ3) is 9.87. The van der Waals surface area contributed by atoms with E-state index in [0.29, 0.717) is 6.42 Å². The van der Waals surface area contributed by atoms with E-state index in [0.717, 1.165) is 11.1 Å². The Labute approximate surface area is 205 Å². The van der Waals surface area contributed by atoms with Crippen LogP contribution in [0.15, 0.2) is 60.7 Å². The molecule has 0 heterocycles. The van der Waals surface area contributed by atoms with E-state index in [9.17, 15) is 19.2 Å². The van der Waals surface area contributed by atoms with Gasteiger partial charge in [-0.05, 0) is 30.4 Å². The van der Waals surface area contributed by atoms with E-state index in [1.54, 1.807) is 0 Å². The molecule has 0 aliphatic rings.